The van der Waals surface area contributed by atoms with Gasteiger partial charge in [-0.25, -0.2) is 0 Å². The van der Waals surface area contributed by atoms with Crippen LogP contribution in [0.3, 0.4) is 0 Å². The van der Waals surface area contributed by atoms with Crippen LogP contribution in [0.25, 0.3) is 0 Å². The summed E-state index contributed by atoms with van der Waals surface area (Å²) >= 11 is 0. The van der Waals surface area contributed by atoms with Crippen molar-refractivity contribution < 1.29 is 179 Å². The lowest BCUT2D eigenvalue weighted by molar-refractivity contribution is -0.374. The average Bonchev–Trinajstić information content (AvgIpc) is 3.44. The second-order valence-electron chi connectivity index (χ2n) is 19.5. The summed E-state index contributed by atoms with van der Waals surface area (Å²) in [5.74, 6) is 0. The van der Waals surface area contributed by atoms with E-state index in [0.717, 1.165) is 0 Å². The lowest BCUT2D eigenvalue weighted by atomic mass is 9.96. The zero-order valence-electron chi connectivity index (χ0n) is 40.9. The molecule has 0 unspecified atom stereocenters. The number of hydrogen-bond donors (Lipinski definition) is 24. The maximum absolute atomic E-state index is 11.5. The van der Waals surface area contributed by atoms with Gasteiger partial charge in [0.15, 0.2) is 37.7 Å². The van der Waals surface area contributed by atoms with Crippen LogP contribution in [-0.4, -0.2) is 384 Å². The first-order chi connectivity index (χ1) is 36.8. The quantitative estimate of drug-likeness (QED) is 0.0452. The molecule has 34 atom stereocenters. The Morgan fingerprint density at radius 2 is 0.551 bits per heavy atom. The molecule has 0 aliphatic carbocycles. The topological polar surface area (TPSA) is 596 Å². The smallest absolute Gasteiger partial charge is 0.187 e. The third kappa shape index (κ3) is 14.5. The summed E-state index contributed by atoms with van der Waals surface area (Å²) in [5.41, 5.74) is 0. The number of aliphatic hydroxyl groups is 24. The van der Waals surface area contributed by atoms with E-state index in [1.165, 1.54) is 0 Å². The Kier molecular flexibility index (Phi) is 24.3. The van der Waals surface area contributed by atoms with Crippen LogP contribution in [0.5, 0.6) is 0 Å². The van der Waals surface area contributed by atoms with Gasteiger partial charge < -0.3 is 179 Å². The SMILES string of the molecule is OC[C@H](O)[C@@H](O)[C@H](O)[C@H](O)CO[C@@H]1O[C@H](CO[C@@H]2O[C@H](CO[C@@H]3O[C@H](CO[C@@H]4O[C@H](CO)[C@@H](O)[C@H](O)[C@H]4O)[C@@H](O)[C@H](O[C@@H]4O[C@H](CO)[C@@H](O)[C@H](O)[C@H]4O)[C@H]3O)[C@@H](O)[C@H](O)[C@H]2O)[C@@H](O)[C@H](O[C@@H]2O[C@H](CO)[C@@H](O)[C@H](O)[C@H]2O)[C@H]1O. The lowest BCUT2D eigenvalue weighted by Crippen LogP contribution is -2.66. The third-order valence-corrected chi connectivity index (χ3v) is 14.1. The standard InChI is InChI=1S/C42H74O36/c43-1-9(47)17(49)18(50)10(48)5-67-39-33(65)35(77-41-31(63)26(58)20(52)12(3-45)72-41)23(55)15(75-39)8-69-38-30(62)28(60)22(54)14(74-38)6-70-40-34(66)36(78-42-32(64)27(59)21(53)13(4-46)73-42)24(56)16(76-40)7-68-37-29(61)25(57)19(51)11(2-44)71-37/h9-66H,1-8H2/t9-,10+,11+,12+,13+,14+,15+,16+,17+,18+,19+,20+,21+,22+,23+,24+,25-,26-,27-,28-,29+,30+,31+,32+,33+,34+,35-,36-,37+,38+,39+,40+,41-,42-/m0/s1. The van der Waals surface area contributed by atoms with Crippen molar-refractivity contribution in [3.8, 4) is 0 Å². The minimum Gasteiger partial charge on any atom is -0.394 e. The fourth-order valence-corrected chi connectivity index (χ4v) is 9.17. The second kappa shape index (κ2) is 28.9. The van der Waals surface area contributed by atoms with E-state index in [9.17, 15) is 117 Å². The Labute approximate surface area is 440 Å². The molecule has 36 nitrogen and oxygen atoms in total. The molecule has 0 aromatic heterocycles. The summed E-state index contributed by atoms with van der Waals surface area (Å²) in [6.45, 7) is -7.56. The van der Waals surface area contributed by atoms with Gasteiger partial charge in [0.2, 0.25) is 0 Å². The van der Waals surface area contributed by atoms with E-state index >= 15 is 0 Å². The van der Waals surface area contributed by atoms with Crippen molar-refractivity contribution in [1.82, 2.24) is 0 Å². The molecule has 6 fully saturated rings. The van der Waals surface area contributed by atoms with E-state index in [1.54, 1.807) is 0 Å². The van der Waals surface area contributed by atoms with Gasteiger partial charge in [-0.3, -0.25) is 0 Å². The highest BCUT2D eigenvalue weighted by atomic mass is 16.8. The lowest BCUT2D eigenvalue weighted by Gasteiger charge is -2.47. The maximum atomic E-state index is 11.5. The molecular formula is C42H74O36. The highest BCUT2D eigenvalue weighted by molar-refractivity contribution is 4.98. The predicted octanol–water partition coefficient (Wildman–Crippen LogP) is -16.6. The molecule has 6 aliphatic heterocycles. The van der Waals surface area contributed by atoms with Crippen LogP contribution in [0.1, 0.15) is 0 Å². The maximum Gasteiger partial charge on any atom is 0.187 e. The Balaban J connectivity index is 1.17. The number of hydrogen-bond acceptors (Lipinski definition) is 36. The fourth-order valence-electron chi connectivity index (χ4n) is 9.17. The van der Waals surface area contributed by atoms with Gasteiger partial charge in [-0.1, -0.05) is 0 Å². The number of rotatable bonds is 23. The number of aliphatic hydroxyl groups excluding tert-OH is 24. The summed E-state index contributed by atoms with van der Waals surface area (Å²) < 4.78 is 66.7. The molecule has 6 heterocycles. The summed E-state index contributed by atoms with van der Waals surface area (Å²) in [5, 5.41) is 251. The van der Waals surface area contributed by atoms with Gasteiger partial charge in [-0.05, 0) is 0 Å². The molecule has 0 saturated carbocycles. The van der Waals surface area contributed by atoms with Crippen molar-refractivity contribution >= 4 is 0 Å². The first-order valence-corrected chi connectivity index (χ1v) is 24.6. The molecule has 0 spiro atoms. The van der Waals surface area contributed by atoms with Gasteiger partial charge in [-0.2, -0.15) is 0 Å². The van der Waals surface area contributed by atoms with Crippen LogP contribution in [0.4, 0.5) is 0 Å². The third-order valence-electron chi connectivity index (χ3n) is 14.1. The molecule has 458 valence electrons. The molecule has 24 N–H and O–H groups in total. The second-order valence-corrected chi connectivity index (χ2v) is 19.5. The molecule has 6 aliphatic rings. The van der Waals surface area contributed by atoms with Gasteiger partial charge in [0.1, 0.15) is 171 Å². The zero-order valence-corrected chi connectivity index (χ0v) is 40.9. The van der Waals surface area contributed by atoms with Crippen LogP contribution in [0.2, 0.25) is 0 Å². The summed E-state index contributed by atoms with van der Waals surface area (Å²) in [6, 6.07) is 0. The molecule has 0 aromatic carbocycles. The van der Waals surface area contributed by atoms with E-state index in [-0.39, 0.29) is 0 Å². The number of ether oxygens (including phenoxy) is 12. The largest absolute Gasteiger partial charge is 0.394 e. The normalized spacial score (nSPS) is 49.2. The zero-order chi connectivity index (χ0) is 57.8. The van der Waals surface area contributed by atoms with Crippen LogP contribution in [0.15, 0.2) is 0 Å². The minimum absolute atomic E-state index is 0.858. The molecule has 6 saturated heterocycles. The molecule has 6 rings (SSSR count). The van der Waals surface area contributed by atoms with Gasteiger partial charge in [-0.15, -0.1) is 0 Å². The average molecular weight is 1160 g/mol. The predicted molar refractivity (Wildman–Crippen MR) is 234 cm³/mol. The van der Waals surface area contributed by atoms with Gasteiger partial charge in [0.25, 0.3) is 0 Å². The van der Waals surface area contributed by atoms with E-state index in [2.05, 4.69) is 0 Å². The van der Waals surface area contributed by atoms with Crippen LogP contribution < -0.4 is 0 Å². The van der Waals surface area contributed by atoms with Crippen LogP contribution in [-0.2, 0) is 56.8 Å². The van der Waals surface area contributed by atoms with Crippen molar-refractivity contribution in [3.05, 3.63) is 0 Å². The molecule has 0 aromatic rings. The monoisotopic (exact) mass is 1150 g/mol. The molecule has 36 heteroatoms. The summed E-state index contributed by atoms with van der Waals surface area (Å²) in [7, 11) is 0. The molecule has 78 heavy (non-hydrogen) atoms. The van der Waals surface area contributed by atoms with Crippen molar-refractivity contribution in [3.63, 3.8) is 0 Å². The van der Waals surface area contributed by atoms with Crippen molar-refractivity contribution in [1.29, 1.82) is 0 Å². The first kappa shape index (κ1) is 65.7. The molecular weight excluding hydrogens is 1080 g/mol. The van der Waals surface area contributed by atoms with E-state index in [1.807, 2.05) is 0 Å². The Bertz CT molecular complexity index is 1760. The Morgan fingerprint density at radius 3 is 0.897 bits per heavy atom. The van der Waals surface area contributed by atoms with E-state index in [0.29, 0.717) is 0 Å². The van der Waals surface area contributed by atoms with Crippen molar-refractivity contribution in [2.24, 2.45) is 0 Å². The van der Waals surface area contributed by atoms with E-state index in [4.69, 9.17) is 61.9 Å². The minimum atomic E-state index is -2.19. The summed E-state index contributed by atoms with van der Waals surface area (Å²) in [4.78, 5) is 0. The fraction of sp³-hybridized carbons (Fsp3) is 1.00. The summed E-state index contributed by atoms with van der Waals surface area (Å²) in [6.07, 6.45) is -66.8. The highest BCUT2D eigenvalue weighted by Gasteiger charge is 2.55. The Morgan fingerprint density at radius 1 is 0.282 bits per heavy atom. The van der Waals surface area contributed by atoms with E-state index < -0.39 is 262 Å². The van der Waals surface area contributed by atoms with Gasteiger partial charge in [0.05, 0.1) is 52.9 Å². The first-order valence-electron chi connectivity index (χ1n) is 24.6. The van der Waals surface area contributed by atoms with Crippen molar-refractivity contribution in [2.45, 2.75) is 209 Å². The van der Waals surface area contributed by atoms with Gasteiger partial charge >= 0.3 is 0 Å². The molecule has 0 bridgehead atoms. The Hall–Kier alpha value is -1.44. The van der Waals surface area contributed by atoms with Gasteiger partial charge in [0, 0.05) is 0 Å². The van der Waals surface area contributed by atoms with Crippen LogP contribution in [0, 0.1) is 0 Å². The van der Waals surface area contributed by atoms with Crippen LogP contribution >= 0.6 is 0 Å². The molecule has 0 amide bonds. The van der Waals surface area contributed by atoms with Crippen molar-refractivity contribution in [2.75, 3.05) is 52.9 Å². The molecule has 0 radical (unpaired) electrons. The highest BCUT2D eigenvalue weighted by Crippen LogP contribution is 2.34.